The smallest absolute Gasteiger partial charge is 0.126 e. The Morgan fingerprint density at radius 3 is 2.71 bits per heavy atom. The summed E-state index contributed by atoms with van der Waals surface area (Å²) in [6, 6.07) is 15.2. The Labute approximate surface area is 129 Å². The SMILES string of the molecule is CCCNC(c1ccc(CC)o1)c1cc2ccccc2s1. The lowest BCUT2D eigenvalue weighted by molar-refractivity contribution is 0.424. The Kier molecular flexibility index (Phi) is 4.42. The third-order valence-corrected chi connectivity index (χ3v) is 4.82. The van der Waals surface area contributed by atoms with Gasteiger partial charge in [0.1, 0.15) is 17.6 Å². The largest absolute Gasteiger partial charge is 0.464 e. The number of hydrogen-bond acceptors (Lipinski definition) is 3. The normalized spacial score (nSPS) is 12.9. The topological polar surface area (TPSA) is 25.2 Å². The van der Waals surface area contributed by atoms with E-state index in [-0.39, 0.29) is 6.04 Å². The van der Waals surface area contributed by atoms with Gasteiger partial charge in [0.25, 0.3) is 0 Å². The second-order valence-electron chi connectivity index (χ2n) is 5.23. The summed E-state index contributed by atoms with van der Waals surface area (Å²) in [5, 5.41) is 4.93. The highest BCUT2D eigenvalue weighted by molar-refractivity contribution is 7.19. The molecule has 3 rings (SSSR count). The van der Waals surface area contributed by atoms with Gasteiger partial charge in [-0.05, 0) is 42.6 Å². The van der Waals surface area contributed by atoms with Crippen LogP contribution in [0, 0.1) is 0 Å². The lowest BCUT2D eigenvalue weighted by Crippen LogP contribution is -2.21. The second kappa shape index (κ2) is 6.46. The molecule has 0 aliphatic carbocycles. The maximum Gasteiger partial charge on any atom is 0.126 e. The third-order valence-electron chi connectivity index (χ3n) is 3.64. The van der Waals surface area contributed by atoms with Gasteiger partial charge in [-0.3, -0.25) is 0 Å². The van der Waals surface area contributed by atoms with E-state index in [2.05, 4.69) is 61.6 Å². The van der Waals surface area contributed by atoms with Crippen molar-refractivity contribution in [2.45, 2.75) is 32.7 Å². The molecule has 0 amide bonds. The highest BCUT2D eigenvalue weighted by Crippen LogP contribution is 2.33. The number of aryl methyl sites for hydroxylation is 1. The zero-order chi connectivity index (χ0) is 14.7. The van der Waals surface area contributed by atoms with Gasteiger partial charge in [0.2, 0.25) is 0 Å². The van der Waals surface area contributed by atoms with E-state index >= 15 is 0 Å². The average molecular weight is 299 g/mol. The van der Waals surface area contributed by atoms with Crippen molar-refractivity contribution in [3.63, 3.8) is 0 Å². The summed E-state index contributed by atoms with van der Waals surface area (Å²) < 4.78 is 7.32. The third kappa shape index (κ3) is 3.04. The highest BCUT2D eigenvalue weighted by atomic mass is 32.1. The van der Waals surface area contributed by atoms with Crippen LogP contribution in [0.25, 0.3) is 10.1 Å². The van der Waals surface area contributed by atoms with Crippen LogP contribution in [-0.2, 0) is 6.42 Å². The van der Waals surface area contributed by atoms with Gasteiger partial charge >= 0.3 is 0 Å². The monoisotopic (exact) mass is 299 g/mol. The number of rotatable bonds is 6. The molecule has 2 nitrogen and oxygen atoms in total. The minimum Gasteiger partial charge on any atom is -0.464 e. The maximum atomic E-state index is 5.99. The molecular weight excluding hydrogens is 278 g/mol. The molecule has 0 radical (unpaired) electrons. The van der Waals surface area contributed by atoms with Gasteiger partial charge < -0.3 is 9.73 Å². The minimum absolute atomic E-state index is 0.155. The first-order chi connectivity index (χ1) is 10.3. The Hall–Kier alpha value is -1.58. The van der Waals surface area contributed by atoms with Crippen LogP contribution >= 0.6 is 11.3 Å². The van der Waals surface area contributed by atoms with Crippen molar-refractivity contribution < 1.29 is 4.42 Å². The maximum absolute atomic E-state index is 5.99. The molecule has 0 saturated carbocycles. The second-order valence-corrected chi connectivity index (χ2v) is 6.35. The molecule has 0 spiro atoms. The van der Waals surface area contributed by atoms with Crippen molar-refractivity contribution >= 4 is 21.4 Å². The highest BCUT2D eigenvalue weighted by Gasteiger charge is 2.19. The van der Waals surface area contributed by atoms with Crippen molar-refractivity contribution in [2.24, 2.45) is 0 Å². The fourth-order valence-corrected chi connectivity index (χ4v) is 3.66. The minimum atomic E-state index is 0.155. The average Bonchev–Trinajstić information content (AvgIpc) is 3.14. The van der Waals surface area contributed by atoms with E-state index < -0.39 is 0 Å². The van der Waals surface area contributed by atoms with E-state index in [1.54, 1.807) is 0 Å². The Balaban J connectivity index is 1.97. The van der Waals surface area contributed by atoms with Crippen molar-refractivity contribution in [1.82, 2.24) is 5.32 Å². The molecule has 1 N–H and O–H groups in total. The number of furan rings is 1. The van der Waals surface area contributed by atoms with Gasteiger partial charge in [-0.25, -0.2) is 0 Å². The first-order valence-electron chi connectivity index (χ1n) is 7.62. The Morgan fingerprint density at radius 1 is 1.14 bits per heavy atom. The number of benzene rings is 1. The lowest BCUT2D eigenvalue weighted by Gasteiger charge is -2.14. The Morgan fingerprint density at radius 2 is 2.00 bits per heavy atom. The summed E-state index contributed by atoms with van der Waals surface area (Å²) >= 11 is 1.85. The summed E-state index contributed by atoms with van der Waals surface area (Å²) in [6.45, 7) is 5.30. The van der Waals surface area contributed by atoms with Gasteiger partial charge in [-0.1, -0.05) is 32.0 Å². The van der Waals surface area contributed by atoms with E-state index in [0.29, 0.717) is 0 Å². The number of thiophene rings is 1. The van der Waals surface area contributed by atoms with E-state index in [1.807, 2.05) is 11.3 Å². The lowest BCUT2D eigenvalue weighted by atomic mass is 10.1. The van der Waals surface area contributed by atoms with Crippen molar-refractivity contribution in [3.8, 4) is 0 Å². The zero-order valence-corrected chi connectivity index (χ0v) is 13.4. The molecule has 3 heteroatoms. The molecule has 1 unspecified atom stereocenters. The van der Waals surface area contributed by atoms with Gasteiger partial charge in [0.05, 0.1) is 0 Å². The Bertz CT molecular complexity index is 680. The molecule has 3 aromatic rings. The van der Waals surface area contributed by atoms with Gasteiger partial charge in [0, 0.05) is 16.0 Å². The molecule has 0 fully saturated rings. The molecule has 1 aromatic carbocycles. The van der Waals surface area contributed by atoms with E-state index in [0.717, 1.165) is 30.9 Å². The molecular formula is C18H21NOS. The summed E-state index contributed by atoms with van der Waals surface area (Å²) in [6.07, 6.45) is 2.05. The summed E-state index contributed by atoms with van der Waals surface area (Å²) in [5.74, 6) is 2.07. The van der Waals surface area contributed by atoms with Crippen LogP contribution in [-0.4, -0.2) is 6.54 Å². The molecule has 21 heavy (non-hydrogen) atoms. The van der Waals surface area contributed by atoms with Crippen molar-refractivity contribution in [1.29, 1.82) is 0 Å². The van der Waals surface area contributed by atoms with Crippen LogP contribution in [0.2, 0.25) is 0 Å². The molecule has 2 heterocycles. The molecule has 0 bridgehead atoms. The number of nitrogens with one attached hydrogen (secondary N) is 1. The zero-order valence-electron chi connectivity index (χ0n) is 12.6. The number of fused-ring (bicyclic) bond motifs is 1. The van der Waals surface area contributed by atoms with Crippen LogP contribution in [0.4, 0.5) is 0 Å². The first kappa shape index (κ1) is 14.4. The van der Waals surface area contributed by atoms with E-state index in [4.69, 9.17) is 4.42 Å². The standard InChI is InChI=1S/C18H21NOS/c1-3-11-19-18(15-10-9-14(4-2)20-15)17-12-13-7-5-6-8-16(13)21-17/h5-10,12,18-19H,3-4,11H2,1-2H3. The van der Waals surface area contributed by atoms with E-state index in [1.165, 1.54) is 15.0 Å². The molecule has 0 aliphatic rings. The van der Waals surface area contributed by atoms with Crippen LogP contribution in [0.1, 0.15) is 42.7 Å². The van der Waals surface area contributed by atoms with Crippen LogP contribution in [0.15, 0.2) is 46.9 Å². The van der Waals surface area contributed by atoms with Gasteiger partial charge in [-0.15, -0.1) is 11.3 Å². The fraction of sp³-hybridized carbons (Fsp3) is 0.333. The van der Waals surface area contributed by atoms with Crippen molar-refractivity contribution in [2.75, 3.05) is 6.54 Å². The van der Waals surface area contributed by atoms with Crippen molar-refractivity contribution in [3.05, 3.63) is 58.9 Å². The van der Waals surface area contributed by atoms with Crippen LogP contribution < -0.4 is 5.32 Å². The fourth-order valence-electron chi connectivity index (χ4n) is 2.51. The van der Waals surface area contributed by atoms with Crippen LogP contribution in [0.3, 0.4) is 0 Å². The molecule has 110 valence electrons. The summed E-state index contributed by atoms with van der Waals surface area (Å²) in [5.41, 5.74) is 0. The predicted octanol–water partition coefficient (Wildman–Crippen LogP) is 5.15. The molecule has 0 aliphatic heterocycles. The first-order valence-corrected chi connectivity index (χ1v) is 8.44. The van der Waals surface area contributed by atoms with Crippen LogP contribution in [0.5, 0.6) is 0 Å². The molecule has 1 atom stereocenters. The number of hydrogen-bond donors (Lipinski definition) is 1. The quantitative estimate of drug-likeness (QED) is 0.681. The van der Waals surface area contributed by atoms with Gasteiger partial charge in [0.15, 0.2) is 0 Å². The summed E-state index contributed by atoms with van der Waals surface area (Å²) in [4.78, 5) is 1.32. The molecule has 0 saturated heterocycles. The van der Waals surface area contributed by atoms with Gasteiger partial charge in [-0.2, -0.15) is 0 Å². The predicted molar refractivity (Wildman–Crippen MR) is 90.0 cm³/mol. The molecule has 2 aromatic heterocycles. The van der Waals surface area contributed by atoms with E-state index in [9.17, 15) is 0 Å². The summed E-state index contributed by atoms with van der Waals surface area (Å²) in [7, 11) is 0.